The van der Waals surface area contributed by atoms with Crippen LogP contribution in [0.1, 0.15) is 27.7 Å². The zero-order chi connectivity index (χ0) is 10.7. The molecule has 1 fully saturated rings. The van der Waals surface area contributed by atoms with Crippen LogP contribution >= 0.6 is 0 Å². The first-order valence-corrected chi connectivity index (χ1v) is 5.19. The second kappa shape index (κ2) is 4.60. The molecule has 1 saturated heterocycles. The number of piperazine rings is 1. The van der Waals surface area contributed by atoms with Crippen LogP contribution in [0, 0.1) is 0 Å². The van der Waals surface area contributed by atoms with E-state index in [-0.39, 0.29) is 5.91 Å². The average molecular weight is 196 g/mol. The molecule has 1 rings (SSSR count). The number of carbonyl (C=O) groups is 1. The Hall–Kier alpha value is -0.830. The van der Waals surface area contributed by atoms with E-state index in [1.165, 1.54) is 0 Å². The fourth-order valence-corrected chi connectivity index (χ4v) is 1.57. The van der Waals surface area contributed by atoms with Crippen LogP contribution in [0.5, 0.6) is 0 Å². The summed E-state index contributed by atoms with van der Waals surface area (Å²) >= 11 is 0. The SMILES string of the molecule is CC(C)=C(C)C(=O)N1CCNCC1C. The van der Waals surface area contributed by atoms with Gasteiger partial charge in [0.2, 0.25) is 5.91 Å². The van der Waals surface area contributed by atoms with E-state index >= 15 is 0 Å². The van der Waals surface area contributed by atoms with Gasteiger partial charge in [-0.25, -0.2) is 0 Å². The molecule has 1 unspecified atom stereocenters. The summed E-state index contributed by atoms with van der Waals surface area (Å²) in [5, 5.41) is 3.28. The summed E-state index contributed by atoms with van der Waals surface area (Å²) in [4.78, 5) is 13.9. The molecule has 14 heavy (non-hydrogen) atoms. The molecule has 1 atom stereocenters. The lowest BCUT2D eigenvalue weighted by Gasteiger charge is -2.34. The van der Waals surface area contributed by atoms with E-state index in [1.807, 2.05) is 25.7 Å². The Morgan fingerprint density at radius 3 is 2.50 bits per heavy atom. The van der Waals surface area contributed by atoms with E-state index in [2.05, 4.69) is 12.2 Å². The molecule has 80 valence electrons. The average Bonchev–Trinajstić information content (AvgIpc) is 2.16. The van der Waals surface area contributed by atoms with Gasteiger partial charge in [-0.2, -0.15) is 0 Å². The van der Waals surface area contributed by atoms with Gasteiger partial charge in [0.15, 0.2) is 0 Å². The highest BCUT2D eigenvalue weighted by atomic mass is 16.2. The maximum absolute atomic E-state index is 12.0. The van der Waals surface area contributed by atoms with Crippen LogP contribution in [0.15, 0.2) is 11.1 Å². The summed E-state index contributed by atoms with van der Waals surface area (Å²) in [5.41, 5.74) is 2.00. The molecule has 3 heteroatoms. The van der Waals surface area contributed by atoms with E-state index in [0.29, 0.717) is 6.04 Å². The van der Waals surface area contributed by atoms with Crippen LogP contribution in [-0.2, 0) is 4.79 Å². The normalized spacial score (nSPS) is 22.0. The summed E-state index contributed by atoms with van der Waals surface area (Å²) in [7, 11) is 0. The molecule has 3 nitrogen and oxygen atoms in total. The molecule has 1 heterocycles. The molecule has 0 radical (unpaired) electrons. The lowest BCUT2D eigenvalue weighted by atomic mass is 10.1. The third kappa shape index (κ3) is 2.35. The number of hydrogen-bond acceptors (Lipinski definition) is 2. The molecule has 0 aromatic heterocycles. The van der Waals surface area contributed by atoms with E-state index in [0.717, 1.165) is 30.8 Å². The predicted molar refractivity (Wildman–Crippen MR) is 58.1 cm³/mol. The zero-order valence-electron chi connectivity index (χ0n) is 9.55. The van der Waals surface area contributed by atoms with Gasteiger partial charge in [-0.1, -0.05) is 5.57 Å². The molecule has 1 amide bonds. The predicted octanol–water partition coefficient (Wildman–Crippen LogP) is 1.16. The molecule has 0 bridgehead atoms. The van der Waals surface area contributed by atoms with Crippen molar-refractivity contribution in [3.63, 3.8) is 0 Å². The summed E-state index contributed by atoms with van der Waals surface area (Å²) in [5.74, 6) is 0.194. The summed E-state index contributed by atoms with van der Waals surface area (Å²) in [6.07, 6.45) is 0. The highest BCUT2D eigenvalue weighted by molar-refractivity contribution is 5.93. The zero-order valence-corrected chi connectivity index (χ0v) is 9.55. The number of hydrogen-bond donors (Lipinski definition) is 1. The molecule has 0 spiro atoms. The number of allylic oxidation sites excluding steroid dienone is 1. The van der Waals surface area contributed by atoms with Gasteiger partial charge in [-0.3, -0.25) is 4.79 Å². The van der Waals surface area contributed by atoms with Crippen LogP contribution in [-0.4, -0.2) is 36.5 Å². The second-order valence-corrected chi connectivity index (χ2v) is 4.18. The van der Waals surface area contributed by atoms with E-state index in [1.54, 1.807) is 0 Å². The summed E-state index contributed by atoms with van der Waals surface area (Å²) < 4.78 is 0. The lowest BCUT2D eigenvalue weighted by molar-refractivity contribution is -0.129. The van der Waals surface area contributed by atoms with Crippen molar-refractivity contribution >= 4 is 5.91 Å². The smallest absolute Gasteiger partial charge is 0.249 e. The van der Waals surface area contributed by atoms with Gasteiger partial charge in [0.25, 0.3) is 0 Å². The molecule has 0 aromatic carbocycles. The Morgan fingerprint density at radius 2 is 2.00 bits per heavy atom. The van der Waals surface area contributed by atoms with Crippen LogP contribution < -0.4 is 5.32 Å². The number of rotatable bonds is 1. The van der Waals surface area contributed by atoms with Crippen molar-refractivity contribution in [2.24, 2.45) is 0 Å². The first kappa shape index (κ1) is 11.2. The van der Waals surface area contributed by atoms with Crippen molar-refractivity contribution in [2.45, 2.75) is 33.7 Å². The molecule has 0 aromatic rings. The Bertz CT molecular complexity index is 254. The Labute approximate surface area is 86.2 Å². The molecule has 0 aliphatic carbocycles. The highest BCUT2D eigenvalue weighted by Crippen LogP contribution is 2.11. The lowest BCUT2D eigenvalue weighted by Crippen LogP contribution is -2.52. The number of nitrogens with zero attached hydrogens (tertiary/aromatic N) is 1. The number of amides is 1. The van der Waals surface area contributed by atoms with Crippen molar-refractivity contribution in [3.05, 3.63) is 11.1 Å². The van der Waals surface area contributed by atoms with Crippen molar-refractivity contribution in [3.8, 4) is 0 Å². The minimum absolute atomic E-state index is 0.194. The molecular formula is C11H20N2O. The molecule has 1 aliphatic heterocycles. The standard InChI is InChI=1S/C11H20N2O/c1-8(2)10(4)11(14)13-6-5-12-7-9(13)3/h9,12H,5-7H2,1-4H3. The maximum Gasteiger partial charge on any atom is 0.249 e. The van der Waals surface area contributed by atoms with Crippen molar-refractivity contribution in [1.29, 1.82) is 0 Å². The van der Waals surface area contributed by atoms with Gasteiger partial charge in [-0.15, -0.1) is 0 Å². The Morgan fingerprint density at radius 1 is 1.36 bits per heavy atom. The second-order valence-electron chi connectivity index (χ2n) is 4.18. The first-order chi connectivity index (χ1) is 6.54. The molecular weight excluding hydrogens is 176 g/mol. The minimum Gasteiger partial charge on any atom is -0.334 e. The van der Waals surface area contributed by atoms with Crippen molar-refractivity contribution < 1.29 is 4.79 Å². The third-order valence-electron chi connectivity index (χ3n) is 2.83. The molecule has 1 N–H and O–H groups in total. The van der Waals surface area contributed by atoms with Crippen LogP contribution in [0.25, 0.3) is 0 Å². The summed E-state index contributed by atoms with van der Waals surface area (Å²) in [6.45, 7) is 10.6. The summed E-state index contributed by atoms with van der Waals surface area (Å²) in [6, 6.07) is 0.311. The largest absolute Gasteiger partial charge is 0.334 e. The quantitative estimate of drug-likeness (QED) is 0.638. The van der Waals surface area contributed by atoms with Crippen molar-refractivity contribution in [1.82, 2.24) is 10.2 Å². The monoisotopic (exact) mass is 196 g/mol. The van der Waals surface area contributed by atoms with Crippen LogP contribution in [0.4, 0.5) is 0 Å². The van der Waals surface area contributed by atoms with Gasteiger partial charge >= 0.3 is 0 Å². The van der Waals surface area contributed by atoms with Crippen molar-refractivity contribution in [2.75, 3.05) is 19.6 Å². The van der Waals surface area contributed by atoms with Crippen LogP contribution in [0.3, 0.4) is 0 Å². The third-order valence-corrected chi connectivity index (χ3v) is 2.83. The first-order valence-electron chi connectivity index (χ1n) is 5.19. The van der Waals surface area contributed by atoms with E-state index in [9.17, 15) is 4.79 Å². The van der Waals surface area contributed by atoms with Crippen LogP contribution in [0.2, 0.25) is 0 Å². The Kier molecular flexibility index (Phi) is 3.69. The topological polar surface area (TPSA) is 32.3 Å². The fourth-order valence-electron chi connectivity index (χ4n) is 1.57. The van der Waals surface area contributed by atoms with E-state index in [4.69, 9.17) is 0 Å². The molecule has 1 aliphatic rings. The Balaban J connectivity index is 2.73. The number of carbonyl (C=O) groups excluding carboxylic acids is 1. The minimum atomic E-state index is 0.194. The van der Waals surface area contributed by atoms with Gasteiger partial charge in [-0.05, 0) is 27.7 Å². The van der Waals surface area contributed by atoms with Gasteiger partial charge in [0.05, 0.1) is 0 Å². The van der Waals surface area contributed by atoms with Gasteiger partial charge in [0, 0.05) is 31.2 Å². The molecule has 0 saturated carbocycles. The van der Waals surface area contributed by atoms with E-state index < -0.39 is 0 Å². The maximum atomic E-state index is 12.0. The number of nitrogens with one attached hydrogen (secondary N) is 1. The highest BCUT2D eigenvalue weighted by Gasteiger charge is 2.23. The van der Waals surface area contributed by atoms with Gasteiger partial charge in [0.1, 0.15) is 0 Å². The fraction of sp³-hybridized carbons (Fsp3) is 0.727. The van der Waals surface area contributed by atoms with Gasteiger partial charge < -0.3 is 10.2 Å².